The van der Waals surface area contributed by atoms with Crippen LogP contribution in [0.2, 0.25) is 0 Å². The van der Waals surface area contributed by atoms with Crippen LogP contribution in [0.1, 0.15) is 26.5 Å². The van der Waals surface area contributed by atoms with Crippen LogP contribution in [0, 0.1) is 0 Å². The summed E-state index contributed by atoms with van der Waals surface area (Å²) in [5, 5.41) is 0. The molecule has 0 radical (unpaired) electrons. The Bertz CT molecular complexity index is 461. The van der Waals surface area contributed by atoms with E-state index < -0.39 is 11.9 Å². The second kappa shape index (κ2) is 5.55. The van der Waals surface area contributed by atoms with Gasteiger partial charge in [-0.15, -0.1) is 0 Å². The van der Waals surface area contributed by atoms with Crippen LogP contribution in [0.5, 0.6) is 0 Å². The van der Waals surface area contributed by atoms with Crippen LogP contribution in [0.15, 0.2) is 12.3 Å². The van der Waals surface area contributed by atoms with Gasteiger partial charge in [0.2, 0.25) is 5.95 Å². The quantitative estimate of drug-likeness (QED) is 0.836. The molecule has 0 unspecified atom stereocenters. The van der Waals surface area contributed by atoms with Gasteiger partial charge in [-0.2, -0.15) is 13.2 Å². The monoisotopic (exact) mass is 288 g/mol. The third-order valence-electron chi connectivity index (χ3n) is 3.56. The average Bonchev–Trinajstić information content (AvgIpc) is 2.37. The highest BCUT2D eigenvalue weighted by molar-refractivity contribution is 5.32. The molecule has 0 aromatic carbocycles. The molecule has 1 fully saturated rings. The van der Waals surface area contributed by atoms with Crippen molar-refractivity contribution >= 4 is 5.95 Å². The molecule has 1 aromatic heterocycles. The summed E-state index contributed by atoms with van der Waals surface area (Å²) < 4.78 is 38.0. The average molecular weight is 288 g/mol. The van der Waals surface area contributed by atoms with Crippen LogP contribution < -0.4 is 4.90 Å². The number of anilines is 1. The van der Waals surface area contributed by atoms with Crippen molar-refractivity contribution in [2.45, 2.75) is 39.0 Å². The summed E-state index contributed by atoms with van der Waals surface area (Å²) in [6.07, 6.45) is -3.26. The van der Waals surface area contributed by atoms with Crippen molar-refractivity contribution < 1.29 is 13.2 Å². The van der Waals surface area contributed by atoms with E-state index in [4.69, 9.17) is 0 Å². The minimum Gasteiger partial charge on any atom is -0.338 e. The standard InChI is InChI=1S/C13H19F3N4/c1-9(2)20-7-6-19(8-10(20)3)12-17-5-4-11(18-12)13(14,15)16/h4-5,9-10H,6-8H2,1-3H3/t10-/m1/s1. The minimum atomic E-state index is -4.43. The molecule has 0 N–H and O–H groups in total. The van der Waals surface area contributed by atoms with Crippen molar-refractivity contribution in [1.82, 2.24) is 14.9 Å². The summed E-state index contributed by atoms with van der Waals surface area (Å²) in [5.74, 6) is 0.162. The first-order valence-electron chi connectivity index (χ1n) is 6.70. The fourth-order valence-electron chi connectivity index (χ4n) is 2.58. The Morgan fingerprint density at radius 1 is 1.30 bits per heavy atom. The maximum atomic E-state index is 12.7. The highest BCUT2D eigenvalue weighted by atomic mass is 19.4. The van der Waals surface area contributed by atoms with Gasteiger partial charge in [-0.1, -0.05) is 0 Å². The summed E-state index contributed by atoms with van der Waals surface area (Å²) in [4.78, 5) is 11.8. The van der Waals surface area contributed by atoms with Crippen molar-refractivity contribution in [3.05, 3.63) is 18.0 Å². The molecule has 0 bridgehead atoms. The summed E-state index contributed by atoms with van der Waals surface area (Å²) in [6.45, 7) is 8.39. The molecular weight excluding hydrogens is 269 g/mol. The molecule has 0 spiro atoms. The van der Waals surface area contributed by atoms with E-state index in [-0.39, 0.29) is 12.0 Å². The highest BCUT2D eigenvalue weighted by Crippen LogP contribution is 2.28. The molecule has 7 heteroatoms. The number of nitrogens with zero attached hydrogens (tertiary/aromatic N) is 4. The van der Waals surface area contributed by atoms with E-state index in [1.165, 1.54) is 6.20 Å². The SMILES string of the molecule is CC(C)N1CCN(c2nccc(C(F)(F)F)n2)C[C@H]1C. The second-order valence-corrected chi connectivity index (χ2v) is 5.37. The molecule has 1 atom stereocenters. The first-order chi connectivity index (χ1) is 9.29. The van der Waals surface area contributed by atoms with Crippen LogP contribution >= 0.6 is 0 Å². The zero-order chi connectivity index (χ0) is 14.9. The lowest BCUT2D eigenvalue weighted by atomic mass is 10.1. The Hall–Kier alpha value is -1.37. The number of hydrogen-bond acceptors (Lipinski definition) is 4. The van der Waals surface area contributed by atoms with E-state index >= 15 is 0 Å². The lowest BCUT2D eigenvalue weighted by molar-refractivity contribution is -0.141. The molecule has 0 saturated carbocycles. The third kappa shape index (κ3) is 3.20. The van der Waals surface area contributed by atoms with Gasteiger partial charge in [0, 0.05) is 37.9 Å². The first-order valence-corrected chi connectivity index (χ1v) is 6.70. The highest BCUT2D eigenvalue weighted by Gasteiger charge is 2.34. The maximum absolute atomic E-state index is 12.7. The first kappa shape index (κ1) is 15.0. The lowest BCUT2D eigenvalue weighted by Gasteiger charge is -2.42. The molecule has 1 saturated heterocycles. The Labute approximate surface area is 116 Å². The molecule has 2 rings (SSSR count). The van der Waals surface area contributed by atoms with Gasteiger partial charge in [0.05, 0.1) is 0 Å². The van der Waals surface area contributed by atoms with E-state index in [0.717, 1.165) is 12.6 Å². The molecule has 1 aromatic rings. The minimum absolute atomic E-state index is 0.162. The van der Waals surface area contributed by atoms with E-state index in [2.05, 4.69) is 35.6 Å². The molecule has 2 heterocycles. The van der Waals surface area contributed by atoms with Crippen molar-refractivity contribution in [3.8, 4) is 0 Å². The van der Waals surface area contributed by atoms with Crippen LogP contribution in [-0.4, -0.2) is 46.6 Å². The Morgan fingerprint density at radius 3 is 2.55 bits per heavy atom. The van der Waals surface area contributed by atoms with Crippen molar-refractivity contribution in [2.75, 3.05) is 24.5 Å². The van der Waals surface area contributed by atoms with E-state index in [9.17, 15) is 13.2 Å². The fourth-order valence-corrected chi connectivity index (χ4v) is 2.58. The molecule has 1 aliphatic rings. The molecular formula is C13H19F3N4. The van der Waals surface area contributed by atoms with Gasteiger partial charge in [0.25, 0.3) is 0 Å². The molecule has 0 amide bonds. The molecule has 0 aliphatic carbocycles. The van der Waals surface area contributed by atoms with Gasteiger partial charge in [-0.05, 0) is 26.8 Å². The predicted octanol–water partition coefficient (Wildman–Crippen LogP) is 2.41. The predicted molar refractivity (Wildman–Crippen MR) is 70.6 cm³/mol. The van der Waals surface area contributed by atoms with Gasteiger partial charge < -0.3 is 4.90 Å². The van der Waals surface area contributed by atoms with Gasteiger partial charge >= 0.3 is 6.18 Å². The number of piperazine rings is 1. The number of hydrogen-bond donors (Lipinski definition) is 0. The zero-order valence-electron chi connectivity index (χ0n) is 11.9. The molecule has 1 aliphatic heterocycles. The van der Waals surface area contributed by atoms with E-state index in [1.54, 1.807) is 0 Å². The van der Waals surface area contributed by atoms with Crippen LogP contribution in [0.3, 0.4) is 0 Å². The molecule has 112 valence electrons. The zero-order valence-corrected chi connectivity index (χ0v) is 11.9. The normalized spacial score (nSPS) is 21.6. The summed E-state index contributed by atoms with van der Waals surface area (Å²) >= 11 is 0. The van der Waals surface area contributed by atoms with Gasteiger partial charge in [0.1, 0.15) is 5.69 Å². The Morgan fingerprint density at radius 2 is 2.00 bits per heavy atom. The third-order valence-corrected chi connectivity index (χ3v) is 3.56. The van der Waals surface area contributed by atoms with Crippen molar-refractivity contribution in [3.63, 3.8) is 0 Å². The van der Waals surface area contributed by atoms with Gasteiger partial charge in [0.15, 0.2) is 0 Å². The number of aromatic nitrogens is 2. The molecule has 20 heavy (non-hydrogen) atoms. The van der Waals surface area contributed by atoms with Crippen molar-refractivity contribution in [2.24, 2.45) is 0 Å². The number of halogens is 3. The fraction of sp³-hybridized carbons (Fsp3) is 0.692. The smallest absolute Gasteiger partial charge is 0.338 e. The lowest BCUT2D eigenvalue weighted by Crippen LogP contribution is -2.54. The van der Waals surface area contributed by atoms with Gasteiger partial charge in [-0.25, -0.2) is 9.97 Å². The topological polar surface area (TPSA) is 32.3 Å². The van der Waals surface area contributed by atoms with Crippen molar-refractivity contribution in [1.29, 1.82) is 0 Å². The number of rotatable bonds is 2. The largest absolute Gasteiger partial charge is 0.433 e. The summed E-state index contributed by atoms with van der Waals surface area (Å²) in [6, 6.07) is 1.59. The van der Waals surface area contributed by atoms with Gasteiger partial charge in [-0.3, -0.25) is 4.90 Å². The van der Waals surface area contributed by atoms with Crippen LogP contribution in [0.25, 0.3) is 0 Å². The van der Waals surface area contributed by atoms with Crippen LogP contribution in [-0.2, 0) is 6.18 Å². The second-order valence-electron chi connectivity index (χ2n) is 5.37. The Kier molecular flexibility index (Phi) is 4.17. The summed E-state index contributed by atoms with van der Waals surface area (Å²) in [7, 11) is 0. The Balaban J connectivity index is 2.14. The van der Waals surface area contributed by atoms with E-state index in [0.29, 0.717) is 19.1 Å². The summed E-state index contributed by atoms with van der Waals surface area (Å²) in [5.41, 5.74) is -0.888. The van der Waals surface area contributed by atoms with Crippen LogP contribution in [0.4, 0.5) is 19.1 Å². The maximum Gasteiger partial charge on any atom is 0.433 e. The molecule has 4 nitrogen and oxygen atoms in total. The van der Waals surface area contributed by atoms with E-state index in [1.807, 2.05) is 4.90 Å². The number of alkyl halides is 3.